The van der Waals surface area contributed by atoms with E-state index in [0.29, 0.717) is 28.6 Å². The lowest BCUT2D eigenvalue weighted by Crippen LogP contribution is -2.00. The van der Waals surface area contributed by atoms with Gasteiger partial charge in [-0.25, -0.2) is 0 Å². The Morgan fingerprint density at radius 3 is 2.76 bits per heavy atom. The third-order valence-electron chi connectivity index (χ3n) is 2.85. The van der Waals surface area contributed by atoms with Crippen molar-refractivity contribution in [1.82, 2.24) is 0 Å². The van der Waals surface area contributed by atoms with Crippen molar-refractivity contribution in [3.05, 3.63) is 52.5 Å². The highest BCUT2D eigenvalue weighted by Gasteiger charge is 2.12. The largest absolute Gasteiger partial charge is 0.455 e. The molecule has 0 heterocycles. The molecule has 2 N–H and O–H groups in total. The van der Waals surface area contributed by atoms with E-state index in [1.165, 1.54) is 0 Å². The Balaban J connectivity index is 2.44. The third kappa shape index (κ3) is 3.70. The summed E-state index contributed by atoms with van der Waals surface area (Å²) in [6.45, 7) is 2.52. The molecule has 0 radical (unpaired) electrons. The molecular formula is C16H15ClN2OS. The van der Waals surface area contributed by atoms with Crippen LogP contribution < -0.4 is 10.5 Å². The predicted octanol–water partition coefficient (Wildman–Crippen LogP) is 4.57. The van der Waals surface area contributed by atoms with Crippen LogP contribution in [0.15, 0.2) is 41.3 Å². The van der Waals surface area contributed by atoms with E-state index in [0.717, 1.165) is 16.2 Å². The molecule has 0 saturated carbocycles. The van der Waals surface area contributed by atoms with Crippen molar-refractivity contribution in [2.24, 2.45) is 5.73 Å². The van der Waals surface area contributed by atoms with Gasteiger partial charge in [0.25, 0.3) is 0 Å². The number of hydrogen-bond acceptors (Lipinski definition) is 4. The molecule has 3 nitrogen and oxygen atoms in total. The third-order valence-corrected chi connectivity index (χ3v) is 4.13. The van der Waals surface area contributed by atoms with Crippen molar-refractivity contribution < 1.29 is 4.74 Å². The number of thioether (sulfide) groups is 1. The molecule has 2 aromatic carbocycles. The Kier molecular flexibility index (Phi) is 5.51. The summed E-state index contributed by atoms with van der Waals surface area (Å²) in [5.74, 6) is 2.06. The lowest BCUT2D eigenvalue weighted by Gasteiger charge is -2.14. The van der Waals surface area contributed by atoms with Gasteiger partial charge in [0, 0.05) is 17.6 Å². The predicted molar refractivity (Wildman–Crippen MR) is 87.0 cm³/mol. The van der Waals surface area contributed by atoms with Gasteiger partial charge in [-0.05, 0) is 29.5 Å². The first-order valence-electron chi connectivity index (χ1n) is 6.51. The lowest BCUT2D eigenvalue weighted by atomic mass is 10.2. The van der Waals surface area contributed by atoms with Crippen LogP contribution in [0, 0.1) is 11.3 Å². The van der Waals surface area contributed by atoms with Crippen molar-refractivity contribution in [3.63, 3.8) is 0 Å². The van der Waals surface area contributed by atoms with Crippen LogP contribution in [-0.2, 0) is 6.54 Å². The molecule has 0 aliphatic heterocycles. The van der Waals surface area contributed by atoms with Gasteiger partial charge in [0.15, 0.2) is 0 Å². The number of halogens is 1. The minimum Gasteiger partial charge on any atom is -0.455 e. The average Bonchev–Trinajstić information content (AvgIpc) is 2.49. The topological polar surface area (TPSA) is 59.0 Å². The number of ether oxygens (including phenoxy) is 1. The standard InChI is InChI=1S/C16H15ClN2OS/c1-2-21-16-12(10-19)4-3-5-14(16)20-15-8-13(17)7-6-11(15)9-18/h3-8H,2,10,19H2,1H3. The van der Waals surface area contributed by atoms with Crippen molar-refractivity contribution >= 4 is 23.4 Å². The molecule has 0 aromatic heterocycles. The average molecular weight is 319 g/mol. The normalized spacial score (nSPS) is 10.2. The summed E-state index contributed by atoms with van der Waals surface area (Å²) in [6.07, 6.45) is 0. The van der Waals surface area contributed by atoms with Gasteiger partial charge in [0.1, 0.15) is 17.6 Å². The molecule has 0 amide bonds. The monoisotopic (exact) mass is 318 g/mol. The van der Waals surface area contributed by atoms with Gasteiger partial charge < -0.3 is 10.5 Å². The van der Waals surface area contributed by atoms with Crippen LogP contribution in [0.3, 0.4) is 0 Å². The fourth-order valence-electron chi connectivity index (χ4n) is 1.90. The molecule has 5 heteroatoms. The minimum absolute atomic E-state index is 0.445. The van der Waals surface area contributed by atoms with E-state index >= 15 is 0 Å². The SMILES string of the molecule is CCSc1c(CN)cccc1Oc1cc(Cl)ccc1C#N. The van der Waals surface area contributed by atoms with E-state index in [4.69, 9.17) is 27.3 Å². The summed E-state index contributed by atoms with van der Waals surface area (Å²) < 4.78 is 5.92. The zero-order chi connectivity index (χ0) is 15.2. The molecule has 0 aliphatic rings. The van der Waals surface area contributed by atoms with E-state index < -0.39 is 0 Å². The highest BCUT2D eigenvalue weighted by molar-refractivity contribution is 7.99. The quantitative estimate of drug-likeness (QED) is 0.820. The smallest absolute Gasteiger partial charge is 0.146 e. The minimum atomic E-state index is 0.445. The fraction of sp³-hybridized carbons (Fsp3) is 0.188. The summed E-state index contributed by atoms with van der Waals surface area (Å²) in [6, 6.07) is 12.8. The second kappa shape index (κ2) is 7.37. The number of nitrogens with zero attached hydrogens (tertiary/aromatic N) is 1. The number of benzene rings is 2. The number of rotatable bonds is 5. The maximum atomic E-state index is 9.16. The number of nitrogens with two attached hydrogens (primary N) is 1. The summed E-state index contributed by atoms with van der Waals surface area (Å²) in [5, 5.41) is 9.69. The second-order valence-electron chi connectivity index (χ2n) is 4.24. The molecule has 2 aromatic rings. The van der Waals surface area contributed by atoms with Crippen LogP contribution >= 0.6 is 23.4 Å². The molecule has 108 valence electrons. The summed E-state index contributed by atoms with van der Waals surface area (Å²) in [4.78, 5) is 1.01. The molecule has 0 saturated heterocycles. The number of nitriles is 1. The summed E-state index contributed by atoms with van der Waals surface area (Å²) >= 11 is 7.65. The molecule has 21 heavy (non-hydrogen) atoms. The van der Waals surface area contributed by atoms with E-state index in [1.54, 1.807) is 30.0 Å². The molecule has 0 atom stereocenters. The Morgan fingerprint density at radius 2 is 2.10 bits per heavy atom. The van der Waals surface area contributed by atoms with Gasteiger partial charge >= 0.3 is 0 Å². The van der Waals surface area contributed by atoms with Gasteiger partial charge in [-0.2, -0.15) is 5.26 Å². The van der Waals surface area contributed by atoms with Crippen molar-refractivity contribution in [2.45, 2.75) is 18.4 Å². The van der Waals surface area contributed by atoms with Crippen LogP contribution in [-0.4, -0.2) is 5.75 Å². The highest BCUT2D eigenvalue weighted by Crippen LogP contribution is 2.37. The van der Waals surface area contributed by atoms with Crippen molar-refractivity contribution in [1.29, 1.82) is 5.26 Å². The second-order valence-corrected chi connectivity index (χ2v) is 5.95. The maximum absolute atomic E-state index is 9.16. The fourth-order valence-corrected chi connectivity index (χ4v) is 2.94. The van der Waals surface area contributed by atoms with Crippen LogP contribution in [0.1, 0.15) is 18.1 Å². The van der Waals surface area contributed by atoms with Crippen molar-refractivity contribution in [2.75, 3.05) is 5.75 Å². The molecule has 0 unspecified atom stereocenters. The van der Waals surface area contributed by atoms with Crippen LogP contribution in [0.5, 0.6) is 11.5 Å². The first-order valence-corrected chi connectivity index (χ1v) is 7.88. The van der Waals surface area contributed by atoms with Gasteiger partial charge in [-0.15, -0.1) is 11.8 Å². The van der Waals surface area contributed by atoms with Gasteiger partial charge in [0.05, 0.1) is 10.5 Å². The lowest BCUT2D eigenvalue weighted by molar-refractivity contribution is 0.468. The zero-order valence-electron chi connectivity index (χ0n) is 11.6. The van der Waals surface area contributed by atoms with E-state index in [1.807, 2.05) is 18.2 Å². The van der Waals surface area contributed by atoms with Crippen LogP contribution in [0.2, 0.25) is 5.02 Å². The first-order chi connectivity index (χ1) is 10.2. The first kappa shape index (κ1) is 15.7. The Hall–Kier alpha value is -1.67. The number of hydrogen-bond donors (Lipinski definition) is 1. The molecule has 2 rings (SSSR count). The Labute approximate surface area is 133 Å². The van der Waals surface area contributed by atoms with Crippen molar-refractivity contribution in [3.8, 4) is 17.6 Å². The van der Waals surface area contributed by atoms with Crippen LogP contribution in [0.4, 0.5) is 0 Å². The van der Waals surface area contributed by atoms with Crippen LogP contribution in [0.25, 0.3) is 0 Å². The van der Waals surface area contributed by atoms with E-state index in [9.17, 15) is 0 Å². The molecule has 0 bridgehead atoms. The zero-order valence-corrected chi connectivity index (χ0v) is 13.2. The molecular weight excluding hydrogens is 304 g/mol. The molecule has 0 fully saturated rings. The maximum Gasteiger partial charge on any atom is 0.146 e. The van der Waals surface area contributed by atoms with E-state index in [-0.39, 0.29) is 0 Å². The summed E-state index contributed by atoms with van der Waals surface area (Å²) in [5.41, 5.74) is 7.26. The summed E-state index contributed by atoms with van der Waals surface area (Å²) in [7, 11) is 0. The van der Waals surface area contributed by atoms with Gasteiger partial charge in [-0.3, -0.25) is 0 Å². The Bertz CT molecular complexity index is 682. The van der Waals surface area contributed by atoms with Gasteiger partial charge in [0.2, 0.25) is 0 Å². The van der Waals surface area contributed by atoms with Gasteiger partial charge in [-0.1, -0.05) is 30.7 Å². The van der Waals surface area contributed by atoms with E-state index in [2.05, 4.69) is 13.0 Å². The molecule has 0 spiro atoms. The highest BCUT2D eigenvalue weighted by atomic mass is 35.5. The molecule has 0 aliphatic carbocycles. The Morgan fingerprint density at radius 1 is 1.29 bits per heavy atom.